The molecule has 5 heteroatoms. The maximum atomic E-state index is 12.5. The standard InChI is InChI=1S/C21H26O5/c1-14(2)18-10-9-15(3)11-21(18)25-13-17(20(23)26-21)19(22)24-12-16-7-5-4-6-8-16/h4-8,13-15,18H,9-12H2,1-3H3/t15?,18?,21-/m1/s1. The van der Waals surface area contributed by atoms with Crippen molar-refractivity contribution in [3.8, 4) is 0 Å². The summed E-state index contributed by atoms with van der Waals surface area (Å²) in [5, 5.41) is 0. The van der Waals surface area contributed by atoms with E-state index in [2.05, 4.69) is 20.8 Å². The van der Waals surface area contributed by atoms with Crippen LogP contribution in [0.15, 0.2) is 42.2 Å². The molecule has 1 fully saturated rings. The van der Waals surface area contributed by atoms with Gasteiger partial charge in [0.15, 0.2) is 5.57 Å². The molecule has 2 unspecified atom stereocenters. The zero-order valence-corrected chi connectivity index (χ0v) is 15.6. The maximum absolute atomic E-state index is 12.5. The van der Waals surface area contributed by atoms with E-state index in [1.165, 1.54) is 6.26 Å². The van der Waals surface area contributed by atoms with Crippen molar-refractivity contribution >= 4 is 11.9 Å². The summed E-state index contributed by atoms with van der Waals surface area (Å²) in [6.07, 6.45) is 3.91. The predicted molar refractivity (Wildman–Crippen MR) is 95.6 cm³/mol. The Labute approximate surface area is 154 Å². The second kappa shape index (κ2) is 7.52. The van der Waals surface area contributed by atoms with Crippen molar-refractivity contribution in [1.82, 2.24) is 0 Å². The lowest BCUT2D eigenvalue weighted by molar-refractivity contribution is -0.263. The lowest BCUT2D eigenvalue weighted by Gasteiger charge is -2.47. The van der Waals surface area contributed by atoms with Gasteiger partial charge in [-0.1, -0.05) is 51.1 Å². The number of carbonyl (C=O) groups is 2. The molecule has 1 heterocycles. The molecule has 1 aliphatic carbocycles. The number of rotatable bonds is 4. The van der Waals surface area contributed by atoms with Gasteiger partial charge in [-0.3, -0.25) is 0 Å². The fraction of sp³-hybridized carbons (Fsp3) is 0.524. The Kier molecular flexibility index (Phi) is 5.35. The van der Waals surface area contributed by atoms with E-state index in [-0.39, 0.29) is 18.1 Å². The molecule has 140 valence electrons. The fourth-order valence-corrected chi connectivity index (χ4v) is 3.89. The molecule has 1 spiro atoms. The van der Waals surface area contributed by atoms with Gasteiger partial charge in [0.05, 0.1) is 0 Å². The number of hydrogen-bond donors (Lipinski definition) is 0. The van der Waals surface area contributed by atoms with E-state index in [9.17, 15) is 9.59 Å². The van der Waals surface area contributed by atoms with Crippen LogP contribution in [0.25, 0.3) is 0 Å². The van der Waals surface area contributed by atoms with Crippen molar-refractivity contribution in [2.24, 2.45) is 17.8 Å². The molecule has 1 aromatic rings. The highest BCUT2D eigenvalue weighted by Crippen LogP contribution is 2.46. The number of ether oxygens (including phenoxy) is 3. The van der Waals surface area contributed by atoms with Crippen LogP contribution in [0.2, 0.25) is 0 Å². The SMILES string of the molecule is CC1CCC(C(C)C)[C@]2(C1)OC=C(C(=O)OCc1ccccc1)C(=O)O2. The molecule has 0 bridgehead atoms. The Bertz CT molecular complexity index is 694. The minimum Gasteiger partial charge on any atom is -0.458 e. The van der Waals surface area contributed by atoms with Crippen molar-refractivity contribution in [2.75, 3.05) is 0 Å². The second-order valence-electron chi connectivity index (χ2n) is 7.65. The van der Waals surface area contributed by atoms with Crippen LogP contribution in [0, 0.1) is 17.8 Å². The third-order valence-corrected chi connectivity index (χ3v) is 5.27. The molecule has 0 saturated heterocycles. The smallest absolute Gasteiger partial charge is 0.352 e. The number of carbonyl (C=O) groups excluding carboxylic acids is 2. The van der Waals surface area contributed by atoms with E-state index in [1.807, 2.05) is 30.3 Å². The molecule has 1 saturated carbocycles. The minimum atomic E-state index is -0.966. The van der Waals surface area contributed by atoms with Gasteiger partial charge in [0.25, 0.3) is 5.79 Å². The summed E-state index contributed by atoms with van der Waals surface area (Å²) in [6, 6.07) is 9.31. The quantitative estimate of drug-likeness (QED) is 0.602. The largest absolute Gasteiger partial charge is 0.458 e. The third kappa shape index (κ3) is 3.76. The third-order valence-electron chi connectivity index (χ3n) is 5.27. The zero-order chi connectivity index (χ0) is 18.7. The summed E-state index contributed by atoms with van der Waals surface area (Å²) in [5.41, 5.74) is 0.663. The molecule has 1 aromatic carbocycles. The Hall–Kier alpha value is -2.30. The summed E-state index contributed by atoms with van der Waals surface area (Å²) in [7, 11) is 0. The van der Waals surface area contributed by atoms with Crippen LogP contribution in [0.1, 0.15) is 45.6 Å². The molecular weight excluding hydrogens is 332 g/mol. The number of benzene rings is 1. The summed E-state index contributed by atoms with van der Waals surface area (Å²) in [5.74, 6) is -1.52. The van der Waals surface area contributed by atoms with E-state index in [0.29, 0.717) is 18.3 Å². The van der Waals surface area contributed by atoms with E-state index >= 15 is 0 Å². The number of hydrogen-bond acceptors (Lipinski definition) is 5. The highest BCUT2D eigenvalue weighted by molar-refractivity contribution is 6.14. The average molecular weight is 358 g/mol. The van der Waals surface area contributed by atoms with Gasteiger partial charge in [0, 0.05) is 12.3 Å². The maximum Gasteiger partial charge on any atom is 0.352 e. The molecule has 2 aliphatic rings. The molecule has 0 amide bonds. The molecule has 0 N–H and O–H groups in total. The summed E-state index contributed by atoms with van der Waals surface area (Å²) < 4.78 is 16.8. The number of esters is 2. The first-order valence-corrected chi connectivity index (χ1v) is 9.23. The van der Waals surface area contributed by atoms with Crippen LogP contribution in [0.4, 0.5) is 0 Å². The van der Waals surface area contributed by atoms with E-state index in [1.54, 1.807) is 0 Å². The topological polar surface area (TPSA) is 61.8 Å². The van der Waals surface area contributed by atoms with Crippen molar-refractivity contribution in [3.63, 3.8) is 0 Å². The molecule has 1 aliphatic heterocycles. The Morgan fingerprint density at radius 1 is 1.27 bits per heavy atom. The zero-order valence-electron chi connectivity index (χ0n) is 15.6. The van der Waals surface area contributed by atoms with Gasteiger partial charge in [-0.15, -0.1) is 0 Å². The van der Waals surface area contributed by atoms with Crippen LogP contribution in [-0.2, 0) is 30.4 Å². The van der Waals surface area contributed by atoms with E-state index in [0.717, 1.165) is 18.4 Å². The van der Waals surface area contributed by atoms with Gasteiger partial charge in [0.1, 0.15) is 12.9 Å². The molecule has 3 atom stereocenters. The lowest BCUT2D eigenvalue weighted by atomic mass is 9.72. The predicted octanol–water partition coefficient (Wildman–Crippen LogP) is 3.98. The second-order valence-corrected chi connectivity index (χ2v) is 7.65. The Balaban J connectivity index is 1.71. The minimum absolute atomic E-state index is 0.0983. The molecule has 0 radical (unpaired) electrons. The lowest BCUT2D eigenvalue weighted by Crippen LogP contribution is -2.52. The molecule has 3 rings (SSSR count). The normalized spacial score (nSPS) is 28.3. The van der Waals surface area contributed by atoms with Gasteiger partial charge in [-0.2, -0.15) is 0 Å². The molecule has 5 nitrogen and oxygen atoms in total. The molecule has 26 heavy (non-hydrogen) atoms. The first-order chi connectivity index (χ1) is 12.4. The van der Waals surface area contributed by atoms with Gasteiger partial charge < -0.3 is 14.2 Å². The van der Waals surface area contributed by atoms with Crippen LogP contribution < -0.4 is 0 Å². The monoisotopic (exact) mass is 358 g/mol. The van der Waals surface area contributed by atoms with Crippen LogP contribution in [0.5, 0.6) is 0 Å². The van der Waals surface area contributed by atoms with Crippen molar-refractivity contribution in [2.45, 2.75) is 52.4 Å². The van der Waals surface area contributed by atoms with Gasteiger partial charge in [0.2, 0.25) is 0 Å². The molecular formula is C21H26O5. The van der Waals surface area contributed by atoms with Crippen LogP contribution in [-0.4, -0.2) is 17.7 Å². The van der Waals surface area contributed by atoms with Gasteiger partial charge in [-0.25, -0.2) is 9.59 Å². The van der Waals surface area contributed by atoms with Crippen molar-refractivity contribution in [1.29, 1.82) is 0 Å². The van der Waals surface area contributed by atoms with E-state index < -0.39 is 17.7 Å². The summed E-state index contributed by atoms with van der Waals surface area (Å²) in [6.45, 7) is 6.43. The van der Waals surface area contributed by atoms with Gasteiger partial charge in [-0.05, 0) is 30.2 Å². The Morgan fingerprint density at radius 3 is 2.65 bits per heavy atom. The van der Waals surface area contributed by atoms with Gasteiger partial charge >= 0.3 is 11.9 Å². The first-order valence-electron chi connectivity index (χ1n) is 9.23. The first kappa shape index (κ1) is 18.5. The van der Waals surface area contributed by atoms with Crippen molar-refractivity contribution in [3.05, 3.63) is 47.7 Å². The Morgan fingerprint density at radius 2 is 2.00 bits per heavy atom. The highest BCUT2D eigenvalue weighted by atomic mass is 16.7. The fourth-order valence-electron chi connectivity index (χ4n) is 3.89. The molecule has 0 aromatic heterocycles. The van der Waals surface area contributed by atoms with E-state index in [4.69, 9.17) is 14.2 Å². The van der Waals surface area contributed by atoms with Crippen LogP contribution in [0.3, 0.4) is 0 Å². The van der Waals surface area contributed by atoms with Crippen molar-refractivity contribution < 1.29 is 23.8 Å². The summed E-state index contributed by atoms with van der Waals surface area (Å²) >= 11 is 0. The highest BCUT2D eigenvalue weighted by Gasteiger charge is 2.52. The summed E-state index contributed by atoms with van der Waals surface area (Å²) in [4.78, 5) is 24.8. The average Bonchev–Trinajstić information content (AvgIpc) is 2.60. The van der Waals surface area contributed by atoms with Crippen LogP contribution >= 0.6 is 0 Å².